The molecule has 0 bridgehead atoms. The fourth-order valence-electron chi connectivity index (χ4n) is 1.84. The summed E-state index contributed by atoms with van der Waals surface area (Å²) >= 11 is 0. The molecule has 0 aliphatic heterocycles. The van der Waals surface area contributed by atoms with Crippen LogP contribution in [0.5, 0.6) is 0 Å². The highest BCUT2D eigenvalue weighted by Gasteiger charge is 2.23. The predicted octanol–water partition coefficient (Wildman–Crippen LogP) is 1.35. The van der Waals surface area contributed by atoms with Gasteiger partial charge in [-0.3, -0.25) is 4.79 Å². The standard InChI is InChI=1S/C13H17FO5S/c1-3-19-12(16)4-5-20(17,18)13-9(2)6-10(8-15)7-11(13)14/h6-7,15H,3-5,8H2,1-2H3. The Kier molecular flexibility index (Phi) is 5.64. The van der Waals surface area contributed by atoms with Gasteiger partial charge in [-0.25, -0.2) is 12.8 Å². The van der Waals surface area contributed by atoms with Crippen molar-refractivity contribution in [3.8, 4) is 0 Å². The number of benzene rings is 1. The highest BCUT2D eigenvalue weighted by molar-refractivity contribution is 7.91. The van der Waals surface area contributed by atoms with E-state index < -0.39 is 32.3 Å². The van der Waals surface area contributed by atoms with Crippen molar-refractivity contribution in [2.24, 2.45) is 0 Å². The zero-order chi connectivity index (χ0) is 15.3. The van der Waals surface area contributed by atoms with Crippen molar-refractivity contribution < 1.29 is 27.4 Å². The van der Waals surface area contributed by atoms with Gasteiger partial charge >= 0.3 is 5.97 Å². The second kappa shape index (κ2) is 6.81. The molecule has 0 amide bonds. The predicted molar refractivity (Wildman–Crippen MR) is 70.4 cm³/mol. The highest BCUT2D eigenvalue weighted by Crippen LogP contribution is 2.23. The second-order valence-corrected chi connectivity index (χ2v) is 6.30. The third-order valence-corrected chi connectivity index (χ3v) is 4.54. The molecule has 0 aromatic heterocycles. The topological polar surface area (TPSA) is 80.7 Å². The van der Waals surface area contributed by atoms with Crippen LogP contribution in [0.4, 0.5) is 4.39 Å². The number of esters is 1. The molecule has 112 valence electrons. The maximum Gasteiger partial charge on any atom is 0.306 e. The van der Waals surface area contributed by atoms with Crippen molar-refractivity contribution in [3.63, 3.8) is 0 Å². The summed E-state index contributed by atoms with van der Waals surface area (Å²) in [6.45, 7) is 2.85. The molecule has 7 heteroatoms. The molecular weight excluding hydrogens is 287 g/mol. The van der Waals surface area contributed by atoms with Gasteiger partial charge < -0.3 is 9.84 Å². The molecule has 1 aromatic rings. The van der Waals surface area contributed by atoms with Crippen LogP contribution in [0.2, 0.25) is 0 Å². The minimum absolute atomic E-state index is 0.164. The summed E-state index contributed by atoms with van der Waals surface area (Å²) < 4.78 is 42.6. The van der Waals surface area contributed by atoms with Crippen LogP contribution < -0.4 is 0 Å². The van der Waals surface area contributed by atoms with E-state index in [0.717, 1.165) is 6.07 Å². The zero-order valence-corrected chi connectivity index (χ0v) is 12.2. The van der Waals surface area contributed by atoms with Crippen LogP contribution in [0.1, 0.15) is 24.5 Å². The van der Waals surface area contributed by atoms with E-state index in [1.54, 1.807) is 6.92 Å². The molecular formula is C13H17FO5S. The largest absolute Gasteiger partial charge is 0.466 e. The van der Waals surface area contributed by atoms with Gasteiger partial charge in [-0.2, -0.15) is 0 Å². The van der Waals surface area contributed by atoms with E-state index >= 15 is 0 Å². The van der Waals surface area contributed by atoms with Crippen LogP contribution in [-0.2, 0) is 26.0 Å². The van der Waals surface area contributed by atoms with E-state index in [4.69, 9.17) is 5.11 Å². The lowest BCUT2D eigenvalue weighted by Gasteiger charge is -2.10. The van der Waals surface area contributed by atoms with Gasteiger partial charge in [-0.15, -0.1) is 0 Å². The van der Waals surface area contributed by atoms with E-state index in [2.05, 4.69) is 4.74 Å². The fourth-order valence-corrected chi connectivity index (χ4v) is 3.39. The number of sulfone groups is 1. The minimum Gasteiger partial charge on any atom is -0.466 e. The van der Waals surface area contributed by atoms with Crippen molar-refractivity contribution in [1.82, 2.24) is 0 Å². The third-order valence-electron chi connectivity index (χ3n) is 2.66. The number of hydrogen-bond acceptors (Lipinski definition) is 5. The molecule has 5 nitrogen and oxygen atoms in total. The van der Waals surface area contributed by atoms with Gasteiger partial charge in [0.25, 0.3) is 0 Å². The van der Waals surface area contributed by atoms with E-state index in [9.17, 15) is 17.6 Å². The van der Waals surface area contributed by atoms with Crippen LogP contribution in [0.3, 0.4) is 0 Å². The van der Waals surface area contributed by atoms with Crippen LogP contribution in [-0.4, -0.2) is 31.9 Å². The van der Waals surface area contributed by atoms with Crippen molar-refractivity contribution in [2.45, 2.75) is 31.8 Å². The van der Waals surface area contributed by atoms with Gasteiger partial charge in [-0.1, -0.05) is 6.07 Å². The first-order valence-electron chi connectivity index (χ1n) is 6.10. The first kappa shape index (κ1) is 16.6. The number of aliphatic hydroxyl groups is 1. The number of ether oxygens (including phenoxy) is 1. The number of rotatable bonds is 6. The summed E-state index contributed by atoms with van der Waals surface area (Å²) in [6, 6.07) is 2.38. The number of aryl methyl sites for hydroxylation is 1. The van der Waals surface area contributed by atoms with Crippen LogP contribution in [0.15, 0.2) is 17.0 Å². The monoisotopic (exact) mass is 304 g/mol. The first-order chi connectivity index (χ1) is 9.31. The number of halogens is 1. The Bertz CT molecular complexity index is 572. The lowest BCUT2D eigenvalue weighted by Crippen LogP contribution is -2.16. The molecule has 0 heterocycles. The summed E-state index contributed by atoms with van der Waals surface area (Å²) in [7, 11) is -3.92. The van der Waals surface area contributed by atoms with E-state index in [0.29, 0.717) is 5.56 Å². The molecule has 1 rings (SSSR count). The molecule has 0 saturated carbocycles. The maximum absolute atomic E-state index is 13.9. The molecule has 0 atom stereocenters. The fraction of sp³-hybridized carbons (Fsp3) is 0.462. The number of carbonyl (C=O) groups is 1. The van der Waals surface area contributed by atoms with Crippen LogP contribution >= 0.6 is 0 Å². The third kappa shape index (κ3) is 4.01. The molecule has 0 aliphatic carbocycles. The minimum atomic E-state index is -3.92. The maximum atomic E-state index is 13.9. The second-order valence-electron chi connectivity index (χ2n) is 4.26. The molecule has 0 spiro atoms. The van der Waals surface area contributed by atoms with Crippen molar-refractivity contribution >= 4 is 15.8 Å². The van der Waals surface area contributed by atoms with Gasteiger partial charge in [0, 0.05) is 0 Å². The average molecular weight is 304 g/mol. The summed E-state index contributed by atoms with van der Waals surface area (Å²) in [5.74, 6) is -2.07. The SMILES string of the molecule is CCOC(=O)CCS(=O)(=O)c1c(C)cc(CO)cc1F. The van der Waals surface area contributed by atoms with Gasteiger partial charge in [0.2, 0.25) is 0 Å². The van der Waals surface area contributed by atoms with Gasteiger partial charge in [0.1, 0.15) is 10.7 Å². The van der Waals surface area contributed by atoms with E-state index in [1.807, 2.05) is 0 Å². The number of hydrogen-bond donors (Lipinski definition) is 1. The Hall–Kier alpha value is -1.47. The van der Waals surface area contributed by atoms with E-state index in [-0.39, 0.29) is 25.2 Å². The lowest BCUT2D eigenvalue weighted by atomic mass is 10.1. The Morgan fingerprint density at radius 2 is 2.05 bits per heavy atom. The Balaban J connectivity index is 3.01. The quantitative estimate of drug-likeness (QED) is 0.802. The van der Waals surface area contributed by atoms with Crippen molar-refractivity contribution in [1.29, 1.82) is 0 Å². The van der Waals surface area contributed by atoms with Gasteiger partial charge in [-0.05, 0) is 31.0 Å². The molecule has 0 unspecified atom stereocenters. The number of carbonyl (C=O) groups excluding carboxylic acids is 1. The highest BCUT2D eigenvalue weighted by atomic mass is 32.2. The van der Waals surface area contributed by atoms with E-state index in [1.165, 1.54) is 13.0 Å². The molecule has 0 aliphatic rings. The lowest BCUT2D eigenvalue weighted by molar-refractivity contribution is -0.142. The first-order valence-corrected chi connectivity index (χ1v) is 7.75. The molecule has 1 aromatic carbocycles. The zero-order valence-electron chi connectivity index (χ0n) is 11.3. The number of aliphatic hydroxyl groups excluding tert-OH is 1. The van der Waals surface area contributed by atoms with Crippen LogP contribution in [0.25, 0.3) is 0 Å². The Morgan fingerprint density at radius 3 is 2.55 bits per heavy atom. The van der Waals surface area contributed by atoms with Crippen molar-refractivity contribution in [2.75, 3.05) is 12.4 Å². The summed E-state index contributed by atoms with van der Waals surface area (Å²) in [5, 5.41) is 8.94. The average Bonchev–Trinajstić information content (AvgIpc) is 2.35. The van der Waals surface area contributed by atoms with Gasteiger partial charge in [0.15, 0.2) is 9.84 Å². The summed E-state index contributed by atoms with van der Waals surface area (Å²) in [4.78, 5) is 10.7. The summed E-state index contributed by atoms with van der Waals surface area (Å²) in [5.41, 5.74) is 0.502. The molecule has 0 radical (unpaired) electrons. The van der Waals surface area contributed by atoms with Crippen LogP contribution in [0, 0.1) is 12.7 Å². The molecule has 0 saturated heterocycles. The molecule has 1 N–H and O–H groups in total. The Labute approximate surface area is 117 Å². The van der Waals surface area contributed by atoms with Gasteiger partial charge in [0.05, 0.1) is 25.4 Å². The normalized spacial score (nSPS) is 11.4. The molecule has 0 fully saturated rings. The van der Waals surface area contributed by atoms with Crippen molar-refractivity contribution in [3.05, 3.63) is 29.1 Å². The smallest absolute Gasteiger partial charge is 0.306 e. The summed E-state index contributed by atoms with van der Waals surface area (Å²) in [6.07, 6.45) is -0.323. The Morgan fingerprint density at radius 1 is 1.40 bits per heavy atom. The molecule has 20 heavy (non-hydrogen) atoms.